The van der Waals surface area contributed by atoms with Crippen LogP contribution in [0.15, 0.2) is 18.2 Å². The summed E-state index contributed by atoms with van der Waals surface area (Å²) in [7, 11) is 0. The molecule has 0 spiro atoms. The van der Waals surface area contributed by atoms with Crippen molar-refractivity contribution in [2.24, 2.45) is 11.7 Å². The van der Waals surface area contributed by atoms with Crippen molar-refractivity contribution in [3.8, 4) is 5.75 Å². The highest BCUT2D eigenvalue weighted by Gasteiger charge is 2.24. The fourth-order valence-corrected chi connectivity index (χ4v) is 2.97. The van der Waals surface area contributed by atoms with E-state index < -0.39 is 11.6 Å². The van der Waals surface area contributed by atoms with Crippen LogP contribution < -0.4 is 15.8 Å². The fraction of sp³-hybridized carbons (Fsp3) is 0.588. The summed E-state index contributed by atoms with van der Waals surface area (Å²) < 4.78 is 31.4. The molecule has 3 N–H and O–H groups in total. The maximum Gasteiger partial charge on any atom is 0.220 e. The number of nitrogens with two attached hydrogens (primary N) is 1. The third kappa shape index (κ3) is 6.24. The predicted octanol–water partition coefficient (Wildman–Crippen LogP) is 3.18. The maximum atomic E-state index is 13.4. The Balaban J connectivity index is 0.00000288. The lowest BCUT2D eigenvalue weighted by Crippen LogP contribution is -2.44. The summed E-state index contributed by atoms with van der Waals surface area (Å²) in [5, 5.41) is 3.04. The number of hydrogen-bond donors (Lipinski definition) is 2. The van der Waals surface area contributed by atoms with Gasteiger partial charge < -0.3 is 15.8 Å². The fourth-order valence-electron chi connectivity index (χ4n) is 2.97. The average Bonchev–Trinajstić information content (AvgIpc) is 2.53. The van der Waals surface area contributed by atoms with Gasteiger partial charge in [0.1, 0.15) is 5.82 Å². The molecular formula is C17H25ClF2N2O2. The Morgan fingerprint density at radius 1 is 1.29 bits per heavy atom. The van der Waals surface area contributed by atoms with Gasteiger partial charge >= 0.3 is 0 Å². The van der Waals surface area contributed by atoms with Gasteiger partial charge in [-0.3, -0.25) is 4.79 Å². The van der Waals surface area contributed by atoms with Crippen molar-refractivity contribution in [1.29, 1.82) is 0 Å². The standard InChI is InChI=1S/C17H24F2N2O2.ClH/c18-13-7-8-16(14(19)10-13)23-9-3-6-17(22)21-15-5-2-1-4-12(15)11-20;/h7-8,10,12,15H,1-6,9,11,20H2,(H,21,22);1H. The molecule has 1 aromatic carbocycles. The number of nitrogens with one attached hydrogen (secondary N) is 1. The molecule has 2 atom stereocenters. The number of carbonyl (C=O) groups excluding carboxylic acids is 1. The number of rotatable bonds is 7. The lowest BCUT2D eigenvalue weighted by atomic mass is 9.84. The second-order valence-corrected chi connectivity index (χ2v) is 5.98. The molecule has 0 saturated heterocycles. The highest BCUT2D eigenvalue weighted by Crippen LogP contribution is 2.23. The molecule has 0 aliphatic heterocycles. The molecule has 136 valence electrons. The molecule has 2 rings (SSSR count). The van der Waals surface area contributed by atoms with Crippen LogP contribution in [-0.4, -0.2) is 25.1 Å². The smallest absolute Gasteiger partial charge is 0.220 e. The monoisotopic (exact) mass is 362 g/mol. The molecular weight excluding hydrogens is 338 g/mol. The van der Waals surface area contributed by atoms with Gasteiger partial charge in [-0.1, -0.05) is 12.8 Å². The molecule has 24 heavy (non-hydrogen) atoms. The van der Waals surface area contributed by atoms with E-state index in [9.17, 15) is 13.6 Å². The van der Waals surface area contributed by atoms with Crippen molar-refractivity contribution >= 4 is 18.3 Å². The minimum absolute atomic E-state index is 0. The van der Waals surface area contributed by atoms with E-state index in [2.05, 4.69) is 5.32 Å². The minimum Gasteiger partial charge on any atom is -0.491 e. The molecule has 1 aliphatic carbocycles. The first-order valence-corrected chi connectivity index (χ1v) is 8.17. The lowest BCUT2D eigenvalue weighted by molar-refractivity contribution is -0.122. The molecule has 1 saturated carbocycles. The number of amides is 1. The van der Waals surface area contributed by atoms with Crippen molar-refractivity contribution in [1.82, 2.24) is 5.32 Å². The molecule has 0 heterocycles. The first kappa shape index (κ1) is 20.6. The zero-order valence-corrected chi connectivity index (χ0v) is 14.4. The van der Waals surface area contributed by atoms with Crippen LogP contribution in [0.2, 0.25) is 0 Å². The maximum absolute atomic E-state index is 13.4. The van der Waals surface area contributed by atoms with E-state index in [1.54, 1.807) is 0 Å². The lowest BCUT2D eigenvalue weighted by Gasteiger charge is -2.31. The Morgan fingerprint density at radius 2 is 2.04 bits per heavy atom. The van der Waals surface area contributed by atoms with Gasteiger partial charge in [-0.25, -0.2) is 8.78 Å². The Hall–Kier alpha value is -1.40. The van der Waals surface area contributed by atoms with E-state index in [0.717, 1.165) is 31.4 Å². The Kier molecular flexibility index (Phi) is 9.00. The molecule has 7 heteroatoms. The summed E-state index contributed by atoms with van der Waals surface area (Å²) in [6, 6.07) is 3.33. The molecule has 4 nitrogen and oxygen atoms in total. The van der Waals surface area contributed by atoms with Gasteiger partial charge in [0.25, 0.3) is 0 Å². The summed E-state index contributed by atoms with van der Waals surface area (Å²) in [6.45, 7) is 0.804. The molecule has 0 bridgehead atoms. The highest BCUT2D eigenvalue weighted by atomic mass is 35.5. The van der Waals surface area contributed by atoms with Crippen molar-refractivity contribution in [3.05, 3.63) is 29.8 Å². The van der Waals surface area contributed by atoms with Gasteiger partial charge in [-0.2, -0.15) is 0 Å². The van der Waals surface area contributed by atoms with Gasteiger partial charge in [0.05, 0.1) is 6.61 Å². The first-order chi connectivity index (χ1) is 11.1. The minimum atomic E-state index is -0.734. The van der Waals surface area contributed by atoms with E-state index in [0.29, 0.717) is 25.3 Å². The van der Waals surface area contributed by atoms with Crippen LogP contribution in [0.3, 0.4) is 0 Å². The average molecular weight is 363 g/mol. The molecule has 0 aromatic heterocycles. The highest BCUT2D eigenvalue weighted by molar-refractivity contribution is 5.85. The van der Waals surface area contributed by atoms with Gasteiger partial charge in [0.2, 0.25) is 5.91 Å². The van der Waals surface area contributed by atoms with Crippen LogP contribution in [0.5, 0.6) is 5.75 Å². The third-order valence-electron chi connectivity index (χ3n) is 4.26. The van der Waals surface area contributed by atoms with Crippen molar-refractivity contribution in [2.45, 2.75) is 44.6 Å². The van der Waals surface area contributed by atoms with Crippen LogP contribution >= 0.6 is 12.4 Å². The molecule has 1 fully saturated rings. The summed E-state index contributed by atoms with van der Waals surface area (Å²) in [4.78, 5) is 12.0. The van der Waals surface area contributed by atoms with Crippen LogP contribution in [0.1, 0.15) is 38.5 Å². The van der Waals surface area contributed by atoms with E-state index in [4.69, 9.17) is 10.5 Å². The summed E-state index contributed by atoms with van der Waals surface area (Å²) in [6.07, 6.45) is 5.12. The Bertz CT molecular complexity index is 531. The second-order valence-electron chi connectivity index (χ2n) is 5.98. The van der Waals surface area contributed by atoms with Crippen LogP contribution in [-0.2, 0) is 4.79 Å². The Labute approximate surface area is 147 Å². The summed E-state index contributed by atoms with van der Waals surface area (Å²) in [5.74, 6) is -1.04. The Morgan fingerprint density at radius 3 is 2.75 bits per heavy atom. The van der Waals surface area contributed by atoms with E-state index in [-0.39, 0.29) is 36.7 Å². The van der Waals surface area contributed by atoms with Crippen LogP contribution in [0.4, 0.5) is 8.78 Å². The van der Waals surface area contributed by atoms with Gasteiger partial charge in [-0.15, -0.1) is 12.4 Å². The molecule has 1 aliphatic rings. The largest absolute Gasteiger partial charge is 0.491 e. The van der Waals surface area contributed by atoms with Crippen molar-refractivity contribution < 1.29 is 18.3 Å². The molecule has 1 aromatic rings. The van der Waals surface area contributed by atoms with Crippen molar-refractivity contribution in [2.75, 3.05) is 13.2 Å². The quantitative estimate of drug-likeness (QED) is 0.732. The topological polar surface area (TPSA) is 64.3 Å². The number of benzene rings is 1. The number of ether oxygens (including phenoxy) is 1. The summed E-state index contributed by atoms with van der Waals surface area (Å²) >= 11 is 0. The van der Waals surface area contributed by atoms with Gasteiger partial charge in [-0.05, 0) is 43.9 Å². The first-order valence-electron chi connectivity index (χ1n) is 8.17. The number of hydrogen-bond acceptors (Lipinski definition) is 3. The van der Waals surface area contributed by atoms with E-state index in [1.807, 2.05) is 0 Å². The predicted molar refractivity (Wildman–Crippen MR) is 91.3 cm³/mol. The van der Waals surface area contributed by atoms with E-state index in [1.165, 1.54) is 12.5 Å². The van der Waals surface area contributed by atoms with Gasteiger partial charge in [0.15, 0.2) is 11.6 Å². The second kappa shape index (κ2) is 10.5. The number of carbonyl (C=O) groups is 1. The molecule has 2 unspecified atom stereocenters. The number of halogens is 3. The SMILES string of the molecule is Cl.NCC1CCCCC1NC(=O)CCCOc1ccc(F)cc1F. The molecule has 1 amide bonds. The van der Waals surface area contributed by atoms with Crippen LogP contribution in [0.25, 0.3) is 0 Å². The zero-order valence-electron chi connectivity index (χ0n) is 13.6. The molecule has 0 radical (unpaired) electrons. The van der Waals surface area contributed by atoms with E-state index >= 15 is 0 Å². The van der Waals surface area contributed by atoms with Crippen LogP contribution in [0, 0.1) is 17.6 Å². The van der Waals surface area contributed by atoms with Crippen molar-refractivity contribution in [3.63, 3.8) is 0 Å². The zero-order chi connectivity index (χ0) is 16.7. The third-order valence-corrected chi connectivity index (χ3v) is 4.26. The van der Waals surface area contributed by atoms with Gasteiger partial charge in [0, 0.05) is 18.5 Å². The normalized spacial score (nSPS) is 20.1. The summed E-state index contributed by atoms with van der Waals surface area (Å²) in [5.41, 5.74) is 5.75.